The third-order valence-electron chi connectivity index (χ3n) is 3.62. The van der Waals surface area contributed by atoms with Crippen LogP contribution in [0.5, 0.6) is 0 Å². The summed E-state index contributed by atoms with van der Waals surface area (Å²) >= 11 is 1.40. The van der Waals surface area contributed by atoms with E-state index in [0.29, 0.717) is 11.3 Å². The molecule has 2 aromatic rings. The van der Waals surface area contributed by atoms with Gasteiger partial charge in [-0.3, -0.25) is 4.79 Å². The van der Waals surface area contributed by atoms with E-state index in [4.69, 9.17) is 4.74 Å². The molecule has 0 aliphatic rings. The maximum atomic E-state index is 13.4. The number of methoxy groups -OCH3 is 1. The number of carbonyl (C=O) groups excluding carboxylic acids is 1. The van der Waals surface area contributed by atoms with Gasteiger partial charge in [-0.05, 0) is 30.2 Å². The van der Waals surface area contributed by atoms with Gasteiger partial charge in [-0.1, -0.05) is 36.4 Å². The number of ether oxygens (including phenoxy) is 1. The molecule has 0 aliphatic carbocycles. The first-order valence-electron chi connectivity index (χ1n) is 7.81. The highest BCUT2D eigenvalue weighted by molar-refractivity contribution is 7.98. The van der Waals surface area contributed by atoms with Gasteiger partial charge in [-0.15, -0.1) is 0 Å². The summed E-state index contributed by atoms with van der Waals surface area (Å²) in [7, 11) is -2.87. The van der Waals surface area contributed by atoms with Crippen LogP contribution < -0.4 is 4.72 Å². The van der Waals surface area contributed by atoms with E-state index in [1.54, 1.807) is 6.92 Å². The molecule has 140 valence electrons. The molecular formula is C18H20FNO4S2. The fourth-order valence-corrected chi connectivity index (χ4v) is 4.82. The number of rotatable bonds is 8. The van der Waals surface area contributed by atoms with Crippen LogP contribution in [0.4, 0.5) is 4.39 Å². The Morgan fingerprint density at radius 2 is 1.92 bits per heavy atom. The average Bonchev–Trinajstić information content (AvgIpc) is 2.63. The lowest BCUT2D eigenvalue weighted by Crippen LogP contribution is -2.43. The molecule has 2 aromatic carbocycles. The van der Waals surface area contributed by atoms with Crippen LogP contribution in [0.2, 0.25) is 0 Å². The highest BCUT2D eigenvalue weighted by Gasteiger charge is 2.27. The monoisotopic (exact) mass is 397 g/mol. The zero-order chi connectivity index (χ0) is 19.2. The second-order valence-electron chi connectivity index (χ2n) is 5.61. The van der Waals surface area contributed by atoms with Crippen molar-refractivity contribution in [2.75, 3.05) is 12.9 Å². The summed E-state index contributed by atoms with van der Waals surface area (Å²) in [5.74, 6) is -0.545. The standard InChI is InChI=1S/C18H20FNO4S2/c1-13-8-9-15(19)10-17(13)26(22,23)20-16(18(21)24-2)12-25-11-14-6-4-3-5-7-14/h3-10,16,20H,11-12H2,1-2H3. The van der Waals surface area contributed by atoms with Crippen LogP contribution >= 0.6 is 11.8 Å². The Balaban J connectivity index is 2.11. The Hall–Kier alpha value is -1.90. The minimum atomic E-state index is -4.07. The number of nitrogens with one attached hydrogen (secondary N) is 1. The van der Waals surface area contributed by atoms with E-state index < -0.39 is 27.9 Å². The second kappa shape index (κ2) is 9.16. The Morgan fingerprint density at radius 3 is 2.58 bits per heavy atom. The summed E-state index contributed by atoms with van der Waals surface area (Å²) in [6.07, 6.45) is 0. The molecule has 0 amide bonds. The van der Waals surface area contributed by atoms with Crippen LogP contribution in [0.15, 0.2) is 53.4 Å². The first-order chi connectivity index (χ1) is 12.3. The molecule has 1 N–H and O–H groups in total. The molecule has 2 rings (SSSR count). The molecule has 0 fully saturated rings. The Labute approximate surface area is 157 Å². The molecule has 8 heteroatoms. The van der Waals surface area contributed by atoms with Gasteiger partial charge in [0.25, 0.3) is 0 Å². The lowest BCUT2D eigenvalue weighted by atomic mass is 10.2. The number of thioether (sulfide) groups is 1. The number of esters is 1. The van der Waals surface area contributed by atoms with Crippen LogP contribution in [0.25, 0.3) is 0 Å². The first kappa shape index (κ1) is 20.4. The Bertz CT molecular complexity index is 857. The van der Waals surface area contributed by atoms with E-state index in [1.807, 2.05) is 30.3 Å². The largest absolute Gasteiger partial charge is 0.468 e. The molecule has 1 unspecified atom stereocenters. The molecular weight excluding hydrogens is 377 g/mol. The molecule has 0 aromatic heterocycles. The third kappa shape index (κ3) is 5.55. The number of halogens is 1. The average molecular weight is 397 g/mol. The lowest BCUT2D eigenvalue weighted by molar-refractivity contribution is -0.141. The van der Waals surface area contributed by atoms with Gasteiger partial charge in [0.15, 0.2) is 0 Å². The minimum Gasteiger partial charge on any atom is -0.468 e. The summed E-state index contributed by atoms with van der Waals surface area (Å²) < 4.78 is 45.6. The van der Waals surface area contributed by atoms with E-state index in [9.17, 15) is 17.6 Å². The van der Waals surface area contributed by atoms with Crippen molar-refractivity contribution in [1.82, 2.24) is 4.72 Å². The van der Waals surface area contributed by atoms with Gasteiger partial charge >= 0.3 is 5.97 Å². The van der Waals surface area contributed by atoms with E-state index >= 15 is 0 Å². The van der Waals surface area contributed by atoms with E-state index in [1.165, 1.54) is 31.0 Å². The smallest absolute Gasteiger partial charge is 0.324 e. The van der Waals surface area contributed by atoms with Gasteiger partial charge in [0.05, 0.1) is 12.0 Å². The van der Waals surface area contributed by atoms with Crippen LogP contribution in [0.1, 0.15) is 11.1 Å². The summed E-state index contributed by atoms with van der Waals surface area (Å²) in [6, 6.07) is 12.0. The van der Waals surface area contributed by atoms with Gasteiger partial charge in [0.2, 0.25) is 10.0 Å². The molecule has 0 radical (unpaired) electrons. The van der Waals surface area contributed by atoms with Crippen molar-refractivity contribution in [2.24, 2.45) is 0 Å². The number of aryl methyl sites for hydroxylation is 1. The van der Waals surface area contributed by atoms with Crippen molar-refractivity contribution < 1.29 is 22.3 Å². The van der Waals surface area contributed by atoms with Crippen molar-refractivity contribution >= 4 is 27.8 Å². The molecule has 0 aliphatic heterocycles. The topological polar surface area (TPSA) is 72.5 Å². The molecule has 5 nitrogen and oxygen atoms in total. The maximum absolute atomic E-state index is 13.4. The number of sulfonamides is 1. The predicted octanol–water partition coefficient (Wildman–Crippen LogP) is 2.89. The number of hydrogen-bond donors (Lipinski definition) is 1. The number of hydrogen-bond acceptors (Lipinski definition) is 5. The molecule has 0 spiro atoms. The van der Waals surface area contributed by atoms with Crippen LogP contribution in [0.3, 0.4) is 0 Å². The third-order valence-corrected chi connectivity index (χ3v) is 6.34. The van der Waals surface area contributed by atoms with Gasteiger partial charge in [0, 0.05) is 11.5 Å². The molecule has 0 heterocycles. The van der Waals surface area contributed by atoms with Gasteiger partial charge in [-0.2, -0.15) is 16.5 Å². The first-order valence-corrected chi connectivity index (χ1v) is 10.5. The molecule has 0 saturated carbocycles. The highest BCUT2D eigenvalue weighted by atomic mass is 32.2. The van der Waals surface area contributed by atoms with Crippen LogP contribution in [-0.4, -0.2) is 33.3 Å². The molecule has 0 bridgehead atoms. The molecule has 1 atom stereocenters. The van der Waals surface area contributed by atoms with E-state index in [0.717, 1.165) is 11.6 Å². The van der Waals surface area contributed by atoms with Crippen molar-refractivity contribution in [2.45, 2.75) is 23.6 Å². The summed E-state index contributed by atoms with van der Waals surface area (Å²) in [5.41, 5.74) is 1.45. The van der Waals surface area contributed by atoms with Gasteiger partial charge in [-0.25, -0.2) is 12.8 Å². The summed E-state index contributed by atoms with van der Waals surface area (Å²) in [4.78, 5) is 11.8. The quantitative estimate of drug-likeness (QED) is 0.694. The fraction of sp³-hybridized carbons (Fsp3) is 0.278. The molecule has 26 heavy (non-hydrogen) atoms. The summed E-state index contributed by atoms with van der Waals surface area (Å²) in [6.45, 7) is 1.56. The fourth-order valence-electron chi connectivity index (χ4n) is 2.28. The van der Waals surface area contributed by atoms with Crippen LogP contribution in [0, 0.1) is 12.7 Å². The van der Waals surface area contributed by atoms with Crippen LogP contribution in [-0.2, 0) is 25.3 Å². The van der Waals surface area contributed by atoms with E-state index in [2.05, 4.69) is 4.72 Å². The predicted molar refractivity (Wildman–Crippen MR) is 99.9 cm³/mol. The number of benzene rings is 2. The zero-order valence-corrected chi connectivity index (χ0v) is 16.1. The Kier molecular flexibility index (Phi) is 7.19. The van der Waals surface area contributed by atoms with Crippen molar-refractivity contribution in [3.05, 3.63) is 65.5 Å². The normalized spacial score (nSPS) is 12.6. The van der Waals surface area contributed by atoms with Gasteiger partial charge in [0.1, 0.15) is 11.9 Å². The van der Waals surface area contributed by atoms with E-state index in [-0.39, 0.29) is 10.6 Å². The SMILES string of the molecule is COC(=O)C(CSCc1ccccc1)NS(=O)(=O)c1cc(F)ccc1C. The zero-order valence-electron chi connectivity index (χ0n) is 14.4. The van der Waals surface area contributed by atoms with Gasteiger partial charge < -0.3 is 4.74 Å². The highest BCUT2D eigenvalue weighted by Crippen LogP contribution is 2.19. The lowest BCUT2D eigenvalue weighted by Gasteiger charge is -2.17. The number of carbonyl (C=O) groups is 1. The van der Waals surface area contributed by atoms with Crippen molar-refractivity contribution in [3.8, 4) is 0 Å². The second-order valence-corrected chi connectivity index (χ2v) is 8.32. The Morgan fingerprint density at radius 1 is 1.23 bits per heavy atom. The van der Waals surface area contributed by atoms with Crippen molar-refractivity contribution in [1.29, 1.82) is 0 Å². The van der Waals surface area contributed by atoms with Crippen molar-refractivity contribution in [3.63, 3.8) is 0 Å². The molecule has 0 saturated heterocycles. The summed E-state index contributed by atoms with van der Waals surface area (Å²) in [5, 5.41) is 0. The maximum Gasteiger partial charge on any atom is 0.324 e. The minimum absolute atomic E-state index is 0.190.